The number of nitrogens with zero attached hydrogens (tertiary/aromatic N) is 1. The van der Waals surface area contributed by atoms with Crippen molar-refractivity contribution in [1.29, 1.82) is 5.26 Å². The van der Waals surface area contributed by atoms with Gasteiger partial charge in [0.05, 0.1) is 12.5 Å². The second kappa shape index (κ2) is 8.18. The molecule has 0 saturated heterocycles. The van der Waals surface area contributed by atoms with Crippen molar-refractivity contribution >= 4 is 5.91 Å². The number of ether oxygens (including phenoxy) is 1. The third-order valence-electron chi connectivity index (χ3n) is 2.84. The number of hydrogen-bond acceptors (Lipinski definition) is 4. The van der Waals surface area contributed by atoms with Gasteiger partial charge in [-0.05, 0) is 23.6 Å². The molecule has 0 saturated carbocycles. The van der Waals surface area contributed by atoms with Crippen LogP contribution in [0.5, 0.6) is 5.75 Å². The van der Waals surface area contributed by atoms with Crippen LogP contribution >= 0.6 is 0 Å². The summed E-state index contributed by atoms with van der Waals surface area (Å²) in [7, 11) is 0. The third-order valence-corrected chi connectivity index (χ3v) is 2.84. The minimum atomic E-state index is -0.538. The van der Waals surface area contributed by atoms with Gasteiger partial charge in [-0.2, -0.15) is 5.26 Å². The summed E-state index contributed by atoms with van der Waals surface area (Å²) in [5.41, 5.74) is 0.803. The van der Waals surface area contributed by atoms with Crippen LogP contribution in [0, 0.1) is 17.2 Å². The summed E-state index contributed by atoms with van der Waals surface area (Å²) in [5.74, 6) is 0.527. The van der Waals surface area contributed by atoms with Gasteiger partial charge < -0.3 is 15.2 Å². The maximum Gasteiger partial charge on any atom is 0.224 e. The van der Waals surface area contributed by atoms with E-state index in [9.17, 15) is 9.90 Å². The Bertz CT molecular complexity index is 480. The molecular weight excluding hydrogens is 256 g/mol. The molecule has 0 radical (unpaired) electrons. The lowest BCUT2D eigenvalue weighted by atomic mass is 10.1. The van der Waals surface area contributed by atoms with Crippen molar-refractivity contribution in [2.24, 2.45) is 5.92 Å². The van der Waals surface area contributed by atoms with Crippen LogP contribution in [0.4, 0.5) is 0 Å². The van der Waals surface area contributed by atoms with Crippen LogP contribution in [0.2, 0.25) is 0 Å². The monoisotopic (exact) mass is 276 g/mol. The van der Waals surface area contributed by atoms with Gasteiger partial charge in [0, 0.05) is 6.54 Å². The molecule has 1 unspecified atom stereocenters. The van der Waals surface area contributed by atoms with E-state index in [0.29, 0.717) is 5.75 Å². The molecule has 0 bridgehead atoms. The molecule has 5 heteroatoms. The molecule has 0 fully saturated rings. The summed E-state index contributed by atoms with van der Waals surface area (Å²) in [6, 6.07) is 8.95. The first kappa shape index (κ1) is 16.0. The van der Waals surface area contributed by atoms with Crippen molar-refractivity contribution in [3.05, 3.63) is 29.8 Å². The first-order valence-corrected chi connectivity index (χ1v) is 6.56. The summed E-state index contributed by atoms with van der Waals surface area (Å²) >= 11 is 0. The Morgan fingerprint density at radius 2 is 2.25 bits per heavy atom. The van der Waals surface area contributed by atoms with Crippen LogP contribution in [0.25, 0.3) is 0 Å². The predicted octanol–water partition coefficient (Wildman–Crippen LogP) is 1.26. The number of hydrogen-bond donors (Lipinski definition) is 2. The lowest BCUT2D eigenvalue weighted by Gasteiger charge is -2.15. The van der Waals surface area contributed by atoms with Crippen LogP contribution in [0.15, 0.2) is 24.3 Å². The highest BCUT2D eigenvalue weighted by Gasteiger charge is 2.11. The smallest absolute Gasteiger partial charge is 0.224 e. The number of nitrogens with one attached hydrogen (secondary N) is 1. The molecule has 1 amide bonds. The molecule has 1 aromatic carbocycles. The number of carbonyl (C=O) groups is 1. The fourth-order valence-corrected chi connectivity index (χ4v) is 1.56. The molecule has 0 aliphatic carbocycles. The zero-order valence-electron chi connectivity index (χ0n) is 11.8. The van der Waals surface area contributed by atoms with E-state index in [2.05, 4.69) is 5.32 Å². The summed E-state index contributed by atoms with van der Waals surface area (Å²) in [4.78, 5) is 11.7. The number of nitriles is 1. The standard InChI is InChI=1S/C15H20N2O3/c1-11(2)14(18)10-17-15(19)9-12-4-3-5-13(8-12)20-7-6-16/h3-5,8,11,14,18H,7,9-10H2,1-2H3,(H,17,19). The van der Waals surface area contributed by atoms with Gasteiger partial charge >= 0.3 is 0 Å². The maximum absolute atomic E-state index is 11.7. The zero-order valence-corrected chi connectivity index (χ0v) is 11.8. The summed E-state index contributed by atoms with van der Waals surface area (Å²) in [5, 5.41) is 20.8. The topological polar surface area (TPSA) is 82.3 Å². The van der Waals surface area contributed by atoms with Gasteiger partial charge in [-0.1, -0.05) is 26.0 Å². The van der Waals surface area contributed by atoms with E-state index in [-0.39, 0.29) is 31.4 Å². The van der Waals surface area contributed by atoms with Crippen LogP contribution in [-0.2, 0) is 11.2 Å². The normalized spacial score (nSPS) is 11.8. The van der Waals surface area contributed by atoms with Gasteiger partial charge in [-0.3, -0.25) is 4.79 Å². The highest BCUT2D eigenvalue weighted by Crippen LogP contribution is 2.13. The van der Waals surface area contributed by atoms with Crippen LogP contribution < -0.4 is 10.1 Å². The Balaban J connectivity index is 2.47. The van der Waals surface area contributed by atoms with Crippen molar-refractivity contribution < 1.29 is 14.6 Å². The molecule has 1 atom stereocenters. The van der Waals surface area contributed by atoms with E-state index in [4.69, 9.17) is 10.00 Å². The number of rotatable bonds is 7. The van der Waals surface area contributed by atoms with Crippen molar-refractivity contribution in [2.45, 2.75) is 26.4 Å². The van der Waals surface area contributed by atoms with Crippen molar-refractivity contribution in [3.8, 4) is 11.8 Å². The molecule has 108 valence electrons. The van der Waals surface area contributed by atoms with E-state index in [1.54, 1.807) is 18.2 Å². The number of carbonyl (C=O) groups excluding carboxylic acids is 1. The fraction of sp³-hybridized carbons (Fsp3) is 0.467. The average Bonchev–Trinajstić information content (AvgIpc) is 2.42. The van der Waals surface area contributed by atoms with E-state index >= 15 is 0 Å². The van der Waals surface area contributed by atoms with Gasteiger partial charge in [0.25, 0.3) is 0 Å². The molecule has 5 nitrogen and oxygen atoms in total. The van der Waals surface area contributed by atoms with Crippen molar-refractivity contribution in [1.82, 2.24) is 5.32 Å². The SMILES string of the molecule is CC(C)C(O)CNC(=O)Cc1cccc(OCC#N)c1. The molecule has 2 N–H and O–H groups in total. The Hall–Kier alpha value is -2.06. The summed E-state index contributed by atoms with van der Waals surface area (Å²) in [6.45, 7) is 4.02. The summed E-state index contributed by atoms with van der Waals surface area (Å²) in [6.07, 6.45) is -0.321. The molecule has 0 aliphatic heterocycles. The molecule has 0 spiro atoms. The number of benzene rings is 1. The zero-order chi connectivity index (χ0) is 15.0. The van der Waals surface area contributed by atoms with E-state index in [0.717, 1.165) is 5.56 Å². The first-order chi connectivity index (χ1) is 9.52. The molecule has 0 aromatic heterocycles. The van der Waals surface area contributed by atoms with Gasteiger partial charge in [0.1, 0.15) is 11.8 Å². The Morgan fingerprint density at radius 1 is 1.50 bits per heavy atom. The average molecular weight is 276 g/mol. The largest absolute Gasteiger partial charge is 0.479 e. The number of aliphatic hydroxyl groups excluding tert-OH is 1. The number of aliphatic hydroxyl groups is 1. The van der Waals surface area contributed by atoms with Crippen molar-refractivity contribution in [3.63, 3.8) is 0 Å². The lowest BCUT2D eigenvalue weighted by Crippen LogP contribution is -2.35. The molecule has 1 rings (SSSR count). The maximum atomic E-state index is 11.7. The van der Waals surface area contributed by atoms with Gasteiger partial charge in [0.15, 0.2) is 6.61 Å². The number of amides is 1. The van der Waals surface area contributed by atoms with E-state index < -0.39 is 6.10 Å². The Labute approximate surface area is 119 Å². The van der Waals surface area contributed by atoms with E-state index in [1.807, 2.05) is 26.0 Å². The van der Waals surface area contributed by atoms with Crippen LogP contribution in [0.3, 0.4) is 0 Å². The van der Waals surface area contributed by atoms with Crippen LogP contribution in [-0.4, -0.2) is 30.3 Å². The highest BCUT2D eigenvalue weighted by atomic mass is 16.5. The predicted molar refractivity (Wildman–Crippen MR) is 75.1 cm³/mol. The molecule has 1 aromatic rings. The van der Waals surface area contributed by atoms with Gasteiger partial charge in [0.2, 0.25) is 5.91 Å². The Kier molecular flexibility index (Phi) is 6.54. The van der Waals surface area contributed by atoms with Gasteiger partial charge in [-0.15, -0.1) is 0 Å². The highest BCUT2D eigenvalue weighted by molar-refractivity contribution is 5.78. The fourth-order valence-electron chi connectivity index (χ4n) is 1.56. The van der Waals surface area contributed by atoms with Crippen molar-refractivity contribution in [2.75, 3.05) is 13.2 Å². The molecular formula is C15H20N2O3. The third kappa shape index (κ3) is 5.72. The molecule has 0 heterocycles. The quantitative estimate of drug-likeness (QED) is 0.785. The molecule has 0 aliphatic rings. The minimum Gasteiger partial charge on any atom is -0.479 e. The molecule has 20 heavy (non-hydrogen) atoms. The second-order valence-electron chi connectivity index (χ2n) is 4.89. The summed E-state index contributed by atoms with van der Waals surface area (Å²) < 4.78 is 5.17. The van der Waals surface area contributed by atoms with Crippen LogP contribution in [0.1, 0.15) is 19.4 Å². The second-order valence-corrected chi connectivity index (χ2v) is 4.89. The lowest BCUT2D eigenvalue weighted by molar-refractivity contribution is -0.121. The minimum absolute atomic E-state index is 0.0176. The van der Waals surface area contributed by atoms with E-state index in [1.165, 1.54) is 0 Å². The Morgan fingerprint density at radius 3 is 2.90 bits per heavy atom. The van der Waals surface area contributed by atoms with Gasteiger partial charge in [-0.25, -0.2) is 0 Å². The first-order valence-electron chi connectivity index (χ1n) is 6.56.